The maximum Gasteiger partial charge on any atom is 0.258 e. The molecule has 0 aromatic heterocycles. The largest absolute Gasteiger partial charge is 0.495 e. The number of rotatable bonds is 5. The van der Waals surface area contributed by atoms with Crippen LogP contribution in [0.1, 0.15) is 20.7 Å². The lowest BCUT2D eigenvalue weighted by Gasteiger charge is -2.10. The predicted molar refractivity (Wildman–Crippen MR) is 102 cm³/mol. The van der Waals surface area contributed by atoms with E-state index in [4.69, 9.17) is 4.74 Å². The second-order valence-corrected chi connectivity index (χ2v) is 5.81. The lowest BCUT2D eigenvalue weighted by atomic mass is 10.1. The lowest BCUT2D eigenvalue weighted by Crippen LogP contribution is -2.15. The van der Waals surface area contributed by atoms with E-state index in [1.165, 1.54) is 31.4 Å². The van der Waals surface area contributed by atoms with Crippen molar-refractivity contribution in [3.8, 4) is 5.75 Å². The SMILES string of the molecule is COc1ccccc1NC(=O)c1ccc(NC(=O)c2cc(F)ccc2F)cc1. The maximum atomic E-state index is 13.7. The summed E-state index contributed by atoms with van der Waals surface area (Å²) in [4.78, 5) is 24.5. The van der Waals surface area contributed by atoms with Crippen LogP contribution in [0.2, 0.25) is 0 Å². The molecule has 7 heteroatoms. The van der Waals surface area contributed by atoms with Crippen LogP contribution in [0, 0.1) is 11.6 Å². The van der Waals surface area contributed by atoms with Crippen molar-refractivity contribution in [2.75, 3.05) is 17.7 Å². The van der Waals surface area contributed by atoms with Crippen LogP contribution >= 0.6 is 0 Å². The Morgan fingerprint density at radius 2 is 1.57 bits per heavy atom. The fraction of sp³-hybridized carbons (Fsp3) is 0.0476. The van der Waals surface area contributed by atoms with Gasteiger partial charge >= 0.3 is 0 Å². The van der Waals surface area contributed by atoms with Crippen LogP contribution in [0.15, 0.2) is 66.7 Å². The predicted octanol–water partition coefficient (Wildman–Crippen LogP) is 4.48. The number of nitrogens with one attached hydrogen (secondary N) is 2. The van der Waals surface area contributed by atoms with E-state index in [2.05, 4.69) is 10.6 Å². The van der Waals surface area contributed by atoms with Crippen molar-refractivity contribution in [3.05, 3.63) is 89.5 Å². The van der Waals surface area contributed by atoms with E-state index in [9.17, 15) is 18.4 Å². The number of anilines is 2. The molecule has 0 aliphatic heterocycles. The molecule has 2 N–H and O–H groups in total. The average Bonchev–Trinajstić information content (AvgIpc) is 2.70. The van der Waals surface area contributed by atoms with Gasteiger partial charge in [-0.15, -0.1) is 0 Å². The molecular formula is C21H16F2N2O3. The zero-order valence-corrected chi connectivity index (χ0v) is 14.8. The molecule has 5 nitrogen and oxygen atoms in total. The van der Waals surface area contributed by atoms with Gasteiger partial charge < -0.3 is 15.4 Å². The number of carbonyl (C=O) groups excluding carboxylic acids is 2. The number of ether oxygens (including phenoxy) is 1. The van der Waals surface area contributed by atoms with Gasteiger partial charge in [0.2, 0.25) is 0 Å². The minimum atomic E-state index is -0.827. The van der Waals surface area contributed by atoms with Crippen LogP contribution in [0.3, 0.4) is 0 Å². The standard InChI is InChI=1S/C21H16F2N2O3/c1-28-19-5-3-2-4-18(19)25-20(26)13-6-9-15(10-7-13)24-21(27)16-12-14(22)8-11-17(16)23/h2-12H,1H3,(H,24,27)(H,25,26). The van der Waals surface area contributed by atoms with Crippen LogP contribution in [0.4, 0.5) is 20.2 Å². The minimum absolute atomic E-state index is 0.336. The van der Waals surface area contributed by atoms with Gasteiger partial charge in [0, 0.05) is 11.3 Å². The summed E-state index contributed by atoms with van der Waals surface area (Å²) in [5.41, 5.74) is 0.801. The zero-order valence-electron chi connectivity index (χ0n) is 14.8. The summed E-state index contributed by atoms with van der Waals surface area (Å²) in [6.45, 7) is 0. The van der Waals surface area contributed by atoms with Gasteiger partial charge in [0.15, 0.2) is 0 Å². The molecule has 0 aliphatic carbocycles. The van der Waals surface area contributed by atoms with Crippen LogP contribution < -0.4 is 15.4 Å². The fourth-order valence-corrected chi connectivity index (χ4v) is 2.52. The van der Waals surface area contributed by atoms with Crippen molar-refractivity contribution in [2.24, 2.45) is 0 Å². The van der Waals surface area contributed by atoms with Gasteiger partial charge in [0.25, 0.3) is 11.8 Å². The molecule has 0 aliphatic rings. The van der Waals surface area contributed by atoms with E-state index in [1.807, 2.05) is 0 Å². The molecule has 0 atom stereocenters. The van der Waals surface area contributed by atoms with E-state index in [0.29, 0.717) is 22.7 Å². The second kappa shape index (κ2) is 8.30. The summed E-state index contributed by atoms with van der Waals surface area (Å²) in [6.07, 6.45) is 0. The molecule has 0 saturated heterocycles. The maximum absolute atomic E-state index is 13.7. The molecule has 3 aromatic rings. The molecule has 0 saturated carbocycles. The number of halogens is 2. The Hall–Kier alpha value is -3.74. The molecule has 28 heavy (non-hydrogen) atoms. The van der Waals surface area contributed by atoms with Crippen molar-refractivity contribution < 1.29 is 23.1 Å². The van der Waals surface area contributed by atoms with Gasteiger partial charge in [-0.25, -0.2) is 8.78 Å². The Labute approximate surface area is 160 Å². The first kappa shape index (κ1) is 19.0. The van der Waals surface area contributed by atoms with Gasteiger partial charge in [-0.05, 0) is 54.6 Å². The highest BCUT2D eigenvalue weighted by atomic mass is 19.1. The van der Waals surface area contributed by atoms with Crippen molar-refractivity contribution in [2.45, 2.75) is 0 Å². The second-order valence-electron chi connectivity index (χ2n) is 5.81. The van der Waals surface area contributed by atoms with Gasteiger partial charge in [0.05, 0.1) is 18.4 Å². The van der Waals surface area contributed by atoms with E-state index >= 15 is 0 Å². The summed E-state index contributed by atoms with van der Waals surface area (Å²) in [5, 5.41) is 5.20. The third kappa shape index (κ3) is 4.32. The minimum Gasteiger partial charge on any atom is -0.495 e. The van der Waals surface area contributed by atoms with E-state index < -0.39 is 23.1 Å². The molecule has 0 spiro atoms. The monoisotopic (exact) mass is 382 g/mol. The zero-order chi connectivity index (χ0) is 20.1. The van der Waals surface area contributed by atoms with Gasteiger partial charge in [-0.2, -0.15) is 0 Å². The van der Waals surface area contributed by atoms with E-state index in [0.717, 1.165) is 18.2 Å². The Bertz CT molecular complexity index is 1020. The van der Waals surface area contributed by atoms with Crippen molar-refractivity contribution >= 4 is 23.2 Å². The highest BCUT2D eigenvalue weighted by Crippen LogP contribution is 2.24. The summed E-state index contributed by atoms with van der Waals surface area (Å²) in [5.74, 6) is -2.17. The fourth-order valence-electron chi connectivity index (χ4n) is 2.52. The van der Waals surface area contributed by atoms with Crippen LogP contribution in [-0.2, 0) is 0 Å². The van der Waals surface area contributed by atoms with Gasteiger partial charge in [0.1, 0.15) is 17.4 Å². The van der Waals surface area contributed by atoms with Crippen LogP contribution in [-0.4, -0.2) is 18.9 Å². The van der Waals surface area contributed by atoms with Crippen molar-refractivity contribution in [3.63, 3.8) is 0 Å². The Morgan fingerprint density at radius 3 is 2.29 bits per heavy atom. The van der Waals surface area contributed by atoms with Crippen molar-refractivity contribution in [1.29, 1.82) is 0 Å². The first-order chi connectivity index (χ1) is 13.5. The quantitative estimate of drug-likeness (QED) is 0.684. The van der Waals surface area contributed by atoms with E-state index in [1.54, 1.807) is 24.3 Å². The third-order valence-electron chi connectivity index (χ3n) is 3.93. The van der Waals surface area contributed by atoms with Gasteiger partial charge in [-0.1, -0.05) is 12.1 Å². The highest BCUT2D eigenvalue weighted by molar-refractivity contribution is 6.06. The molecule has 142 valence electrons. The molecule has 2 amide bonds. The summed E-state index contributed by atoms with van der Waals surface area (Å²) < 4.78 is 32.1. The number of benzene rings is 3. The van der Waals surface area contributed by atoms with Crippen LogP contribution in [0.25, 0.3) is 0 Å². The summed E-state index contributed by atoms with van der Waals surface area (Å²) in [7, 11) is 1.50. The molecule has 0 radical (unpaired) electrons. The average molecular weight is 382 g/mol. The molecule has 0 heterocycles. The summed E-state index contributed by atoms with van der Waals surface area (Å²) >= 11 is 0. The topological polar surface area (TPSA) is 67.4 Å². The molecular weight excluding hydrogens is 366 g/mol. The normalized spacial score (nSPS) is 10.2. The lowest BCUT2D eigenvalue weighted by molar-refractivity contribution is 0.101. The number of carbonyl (C=O) groups is 2. The Morgan fingerprint density at radius 1 is 0.857 bits per heavy atom. The number of hydrogen-bond acceptors (Lipinski definition) is 3. The molecule has 3 rings (SSSR count). The number of methoxy groups -OCH3 is 1. The number of hydrogen-bond donors (Lipinski definition) is 2. The third-order valence-corrected chi connectivity index (χ3v) is 3.93. The highest BCUT2D eigenvalue weighted by Gasteiger charge is 2.14. The Kier molecular flexibility index (Phi) is 5.64. The number of amides is 2. The first-order valence-corrected chi connectivity index (χ1v) is 8.29. The first-order valence-electron chi connectivity index (χ1n) is 8.29. The van der Waals surface area contributed by atoms with Crippen molar-refractivity contribution in [1.82, 2.24) is 0 Å². The van der Waals surface area contributed by atoms with Gasteiger partial charge in [-0.3, -0.25) is 9.59 Å². The summed E-state index contributed by atoms with van der Waals surface area (Å²) in [6, 6.07) is 15.6. The molecule has 0 unspecified atom stereocenters. The van der Waals surface area contributed by atoms with E-state index in [-0.39, 0.29) is 5.91 Å². The smallest absolute Gasteiger partial charge is 0.258 e. The number of para-hydroxylation sites is 2. The Balaban J connectivity index is 1.70. The van der Waals surface area contributed by atoms with Crippen LogP contribution in [0.5, 0.6) is 5.75 Å². The molecule has 0 bridgehead atoms. The molecule has 0 fully saturated rings. The molecule has 3 aromatic carbocycles.